The molecule has 2 heterocycles. The van der Waals surface area contributed by atoms with E-state index < -0.39 is 0 Å². The lowest BCUT2D eigenvalue weighted by Gasteiger charge is -2.23. The average Bonchev–Trinajstić information content (AvgIpc) is 3.14. The van der Waals surface area contributed by atoms with Crippen molar-refractivity contribution in [1.82, 2.24) is 15.1 Å². The van der Waals surface area contributed by atoms with Gasteiger partial charge in [-0.05, 0) is 13.3 Å². The summed E-state index contributed by atoms with van der Waals surface area (Å²) in [6.45, 7) is 7.05. The second-order valence-electron chi connectivity index (χ2n) is 5.95. The third-order valence-electron chi connectivity index (χ3n) is 3.98. The number of thioether (sulfide) groups is 1. The summed E-state index contributed by atoms with van der Waals surface area (Å²) in [6, 6.07) is -0.0274. The minimum absolute atomic E-state index is 0.00928. The van der Waals surface area contributed by atoms with E-state index in [4.69, 9.17) is 4.74 Å². The number of carbonyl (C=O) groups is 2. The van der Waals surface area contributed by atoms with Crippen LogP contribution in [0.25, 0.3) is 0 Å². The zero-order valence-corrected chi connectivity index (χ0v) is 16.1. The van der Waals surface area contributed by atoms with Gasteiger partial charge in [0.25, 0.3) is 0 Å². The lowest BCUT2D eigenvalue weighted by Crippen LogP contribution is -2.38. The number of methoxy groups -OCH3 is 1. The molecule has 24 heavy (non-hydrogen) atoms. The molecule has 3 atom stereocenters. The molecule has 0 bridgehead atoms. The lowest BCUT2D eigenvalue weighted by molar-refractivity contribution is -0.130. The van der Waals surface area contributed by atoms with Gasteiger partial charge in [-0.2, -0.15) is 0 Å². The molecule has 0 aliphatic carbocycles. The standard InChI is InChI=1S/C15H24N4O3S2/c1-5-10(3)23-15-18-17-14(24-15)16-13(21)11-6-12(20)19(7-11)9(2)8-22-4/h9-11H,5-8H2,1-4H3,(H,16,17,21)/t9-,10+,11+/m0/s1. The summed E-state index contributed by atoms with van der Waals surface area (Å²) in [7, 11) is 1.60. The largest absolute Gasteiger partial charge is 0.383 e. The van der Waals surface area contributed by atoms with Gasteiger partial charge in [-0.3, -0.25) is 9.59 Å². The van der Waals surface area contributed by atoms with Gasteiger partial charge in [0.05, 0.1) is 18.6 Å². The van der Waals surface area contributed by atoms with Gasteiger partial charge >= 0.3 is 0 Å². The van der Waals surface area contributed by atoms with Gasteiger partial charge in [0.1, 0.15) is 0 Å². The molecule has 134 valence electrons. The number of aromatic nitrogens is 2. The number of nitrogens with zero attached hydrogens (tertiary/aromatic N) is 3. The van der Waals surface area contributed by atoms with Crippen molar-refractivity contribution in [2.24, 2.45) is 5.92 Å². The highest BCUT2D eigenvalue weighted by Crippen LogP contribution is 2.30. The lowest BCUT2D eigenvalue weighted by atomic mass is 10.1. The molecule has 1 fully saturated rings. The Morgan fingerprint density at radius 1 is 1.50 bits per heavy atom. The Labute approximate surface area is 150 Å². The van der Waals surface area contributed by atoms with Gasteiger partial charge in [0, 0.05) is 25.3 Å². The Bertz CT molecular complexity index is 581. The second-order valence-corrected chi connectivity index (χ2v) is 8.61. The zero-order valence-electron chi connectivity index (χ0n) is 14.4. The molecule has 2 amide bonds. The molecule has 1 N–H and O–H groups in total. The fourth-order valence-corrected chi connectivity index (χ4v) is 4.44. The van der Waals surface area contributed by atoms with Crippen LogP contribution in [0.1, 0.15) is 33.6 Å². The van der Waals surface area contributed by atoms with Gasteiger partial charge in [0.15, 0.2) is 4.34 Å². The highest BCUT2D eigenvalue weighted by Gasteiger charge is 2.36. The molecule has 0 radical (unpaired) electrons. The Morgan fingerprint density at radius 3 is 2.92 bits per heavy atom. The molecule has 0 unspecified atom stereocenters. The number of hydrogen-bond donors (Lipinski definition) is 1. The quantitative estimate of drug-likeness (QED) is 0.556. The van der Waals surface area contributed by atoms with E-state index in [-0.39, 0.29) is 30.2 Å². The topological polar surface area (TPSA) is 84.4 Å². The van der Waals surface area contributed by atoms with Gasteiger partial charge in [-0.25, -0.2) is 0 Å². The summed E-state index contributed by atoms with van der Waals surface area (Å²) in [5.74, 6) is -0.539. The highest BCUT2D eigenvalue weighted by molar-refractivity contribution is 8.01. The predicted molar refractivity (Wildman–Crippen MR) is 95.3 cm³/mol. The van der Waals surface area contributed by atoms with Crippen molar-refractivity contribution < 1.29 is 14.3 Å². The molecule has 9 heteroatoms. The Balaban J connectivity index is 1.90. The van der Waals surface area contributed by atoms with Crippen LogP contribution in [0.5, 0.6) is 0 Å². The fraction of sp³-hybridized carbons (Fsp3) is 0.733. The van der Waals surface area contributed by atoms with Crippen LogP contribution in [0.2, 0.25) is 0 Å². The smallest absolute Gasteiger partial charge is 0.231 e. The van der Waals surface area contributed by atoms with E-state index in [1.54, 1.807) is 23.8 Å². The van der Waals surface area contributed by atoms with Crippen LogP contribution >= 0.6 is 23.1 Å². The number of nitrogens with one attached hydrogen (secondary N) is 1. The maximum Gasteiger partial charge on any atom is 0.231 e. The normalized spacial score (nSPS) is 20.2. The van der Waals surface area contributed by atoms with Crippen molar-refractivity contribution in [2.75, 3.05) is 25.6 Å². The number of ether oxygens (including phenoxy) is 1. The number of hydrogen-bond acceptors (Lipinski definition) is 7. The average molecular weight is 373 g/mol. The van der Waals surface area contributed by atoms with Crippen molar-refractivity contribution in [3.8, 4) is 0 Å². The SMILES string of the molecule is CC[C@@H](C)Sc1nnc(NC(=O)[C@@H]2CC(=O)N([C@@H](C)COC)C2)s1. The van der Waals surface area contributed by atoms with Gasteiger partial charge in [0.2, 0.25) is 16.9 Å². The summed E-state index contributed by atoms with van der Waals surface area (Å²) in [5.41, 5.74) is 0. The zero-order chi connectivity index (χ0) is 17.7. The van der Waals surface area contributed by atoms with Crippen molar-refractivity contribution in [1.29, 1.82) is 0 Å². The van der Waals surface area contributed by atoms with E-state index in [9.17, 15) is 9.59 Å². The molecule has 1 aliphatic heterocycles. The highest BCUT2D eigenvalue weighted by atomic mass is 32.2. The first-order chi connectivity index (χ1) is 11.4. The molecule has 7 nitrogen and oxygen atoms in total. The maximum absolute atomic E-state index is 12.4. The fourth-order valence-electron chi connectivity index (χ4n) is 2.44. The minimum Gasteiger partial charge on any atom is -0.383 e. The maximum atomic E-state index is 12.4. The van der Waals surface area contributed by atoms with E-state index in [2.05, 4.69) is 29.4 Å². The van der Waals surface area contributed by atoms with Crippen LogP contribution in [0.4, 0.5) is 5.13 Å². The monoisotopic (exact) mass is 372 g/mol. The summed E-state index contributed by atoms with van der Waals surface area (Å²) in [5, 5.41) is 11.8. The van der Waals surface area contributed by atoms with Crippen LogP contribution in [-0.2, 0) is 14.3 Å². The van der Waals surface area contributed by atoms with Crippen LogP contribution in [0.15, 0.2) is 4.34 Å². The molecular weight excluding hydrogens is 348 g/mol. The van der Waals surface area contributed by atoms with Crippen molar-refractivity contribution in [3.05, 3.63) is 0 Å². The number of amides is 2. The van der Waals surface area contributed by atoms with E-state index in [1.807, 2.05) is 6.92 Å². The van der Waals surface area contributed by atoms with Gasteiger partial charge in [-0.15, -0.1) is 10.2 Å². The summed E-state index contributed by atoms with van der Waals surface area (Å²) in [4.78, 5) is 26.2. The van der Waals surface area contributed by atoms with Gasteiger partial charge in [-0.1, -0.05) is 36.9 Å². The van der Waals surface area contributed by atoms with E-state index in [0.29, 0.717) is 23.5 Å². The van der Waals surface area contributed by atoms with E-state index >= 15 is 0 Å². The van der Waals surface area contributed by atoms with Crippen LogP contribution < -0.4 is 5.32 Å². The molecule has 1 saturated heterocycles. The number of likely N-dealkylation sites (tertiary alicyclic amines) is 1. The third-order valence-corrected chi connectivity index (χ3v) is 6.17. The molecular formula is C15H24N4O3S2. The second kappa shape index (κ2) is 8.77. The Morgan fingerprint density at radius 2 is 2.25 bits per heavy atom. The number of anilines is 1. The molecule has 2 rings (SSSR count). The molecule has 1 aromatic heterocycles. The van der Waals surface area contributed by atoms with E-state index in [1.165, 1.54) is 11.3 Å². The summed E-state index contributed by atoms with van der Waals surface area (Å²) in [6.07, 6.45) is 1.28. The summed E-state index contributed by atoms with van der Waals surface area (Å²) >= 11 is 3.02. The molecule has 0 saturated carbocycles. The van der Waals surface area contributed by atoms with Crippen LogP contribution in [0.3, 0.4) is 0 Å². The third kappa shape index (κ3) is 4.90. The molecule has 1 aromatic rings. The van der Waals surface area contributed by atoms with Crippen LogP contribution in [-0.4, -0.2) is 58.5 Å². The first kappa shape index (κ1) is 19.1. The number of rotatable bonds is 8. The Kier molecular flexibility index (Phi) is 7.00. The summed E-state index contributed by atoms with van der Waals surface area (Å²) < 4.78 is 5.93. The Hall–Kier alpha value is -1.19. The van der Waals surface area contributed by atoms with Crippen molar-refractivity contribution in [2.45, 2.75) is 49.2 Å². The molecule has 1 aliphatic rings. The molecule has 0 aromatic carbocycles. The number of carbonyl (C=O) groups excluding carboxylic acids is 2. The van der Waals surface area contributed by atoms with Crippen molar-refractivity contribution in [3.63, 3.8) is 0 Å². The first-order valence-corrected chi connectivity index (χ1v) is 9.73. The predicted octanol–water partition coefficient (Wildman–Crippen LogP) is 2.25. The van der Waals surface area contributed by atoms with E-state index in [0.717, 1.165) is 10.8 Å². The first-order valence-electron chi connectivity index (χ1n) is 8.04. The van der Waals surface area contributed by atoms with Gasteiger partial charge < -0.3 is 15.0 Å². The minimum atomic E-state index is -0.355. The van der Waals surface area contributed by atoms with Crippen molar-refractivity contribution >= 4 is 40.0 Å². The molecule has 0 spiro atoms. The van der Waals surface area contributed by atoms with Crippen LogP contribution in [0, 0.1) is 5.92 Å².